The molecule has 0 spiro atoms. The van der Waals surface area contributed by atoms with Gasteiger partial charge < -0.3 is 10.1 Å². The summed E-state index contributed by atoms with van der Waals surface area (Å²) in [6, 6.07) is 3.91. The van der Waals surface area contributed by atoms with E-state index in [0.29, 0.717) is 5.69 Å². The normalized spacial score (nSPS) is 12.7. The van der Waals surface area contributed by atoms with Crippen LogP contribution < -0.4 is 5.32 Å². The van der Waals surface area contributed by atoms with Crippen LogP contribution in [0.15, 0.2) is 29.2 Å². The van der Waals surface area contributed by atoms with Gasteiger partial charge in [-0.25, -0.2) is 17.2 Å². The standard InChI is InChI=1S/C11H12F5NO3S/c12-10(13)7-20-6-5-17-8-1-3-9(4-2-8)21(18,19)11(14,15)16/h1-4,10,17H,5-7H2. The summed E-state index contributed by atoms with van der Waals surface area (Å²) in [5.41, 5.74) is -5.01. The highest BCUT2D eigenvalue weighted by molar-refractivity contribution is 7.92. The number of nitrogens with one attached hydrogen (secondary N) is 1. The Kier molecular flexibility index (Phi) is 5.90. The SMILES string of the molecule is O=S(=O)(c1ccc(NCCOCC(F)F)cc1)C(F)(F)F. The maximum atomic E-state index is 12.3. The molecule has 0 aromatic heterocycles. The number of sulfone groups is 1. The van der Waals surface area contributed by atoms with Crippen molar-refractivity contribution in [3.63, 3.8) is 0 Å². The maximum absolute atomic E-state index is 12.3. The Hall–Kier alpha value is -1.42. The Morgan fingerprint density at radius 2 is 1.71 bits per heavy atom. The zero-order valence-corrected chi connectivity index (χ0v) is 11.3. The van der Waals surface area contributed by atoms with E-state index >= 15 is 0 Å². The molecule has 4 nitrogen and oxygen atoms in total. The highest BCUT2D eigenvalue weighted by atomic mass is 32.2. The summed E-state index contributed by atoms with van der Waals surface area (Å²) in [6.07, 6.45) is -2.57. The third-order valence-corrected chi connectivity index (χ3v) is 3.79. The van der Waals surface area contributed by atoms with Crippen molar-refractivity contribution in [2.75, 3.05) is 25.1 Å². The highest BCUT2D eigenvalue weighted by Gasteiger charge is 2.46. The fraction of sp³-hybridized carbons (Fsp3) is 0.455. The van der Waals surface area contributed by atoms with E-state index in [2.05, 4.69) is 10.1 Å². The van der Waals surface area contributed by atoms with Crippen LogP contribution >= 0.6 is 0 Å². The summed E-state index contributed by atoms with van der Waals surface area (Å²) in [5, 5.41) is 2.69. The average molecular weight is 333 g/mol. The fourth-order valence-electron chi connectivity index (χ4n) is 1.33. The van der Waals surface area contributed by atoms with Crippen LogP contribution in [0.4, 0.5) is 27.6 Å². The van der Waals surface area contributed by atoms with Crippen LogP contribution in [-0.4, -0.2) is 40.1 Å². The smallest absolute Gasteiger partial charge is 0.383 e. The summed E-state index contributed by atoms with van der Waals surface area (Å²) < 4.78 is 87.1. The molecule has 0 radical (unpaired) electrons. The molecular formula is C11H12F5NO3S. The van der Waals surface area contributed by atoms with E-state index in [1.807, 2.05) is 0 Å². The molecule has 0 saturated heterocycles. The minimum atomic E-state index is -5.37. The lowest BCUT2D eigenvalue weighted by molar-refractivity contribution is -0.0436. The Morgan fingerprint density at radius 1 is 1.14 bits per heavy atom. The Bertz CT molecular complexity index is 542. The molecule has 0 bridgehead atoms. The molecule has 0 unspecified atom stereocenters. The van der Waals surface area contributed by atoms with Gasteiger partial charge in [0.1, 0.15) is 6.61 Å². The second-order valence-corrected chi connectivity index (χ2v) is 5.81. The van der Waals surface area contributed by atoms with E-state index in [1.54, 1.807) is 0 Å². The molecule has 0 saturated carbocycles. The number of benzene rings is 1. The second kappa shape index (κ2) is 7.03. The highest BCUT2D eigenvalue weighted by Crippen LogP contribution is 2.30. The third kappa shape index (κ3) is 5.12. The van der Waals surface area contributed by atoms with E-state index < -0.39 is 33.3 Å². The van der Waals surface area contributed by atoms with Crippen molar-refractivity contribution in [1.29, 1.82) is 0 Å². The number of hydrogen-bond acceptors (Lipinski definition) is 4. The predicted molar refractivity (Wildman–Crippen MR) is 65.0 cm³/mol. The lowest BCUT2D eigenvalue weighted by atomic mass is 10.3. The number of anilines is 1. The third-order valence-electron chi connectivity index (χ3n) is 2.29. The van der Waals surface area contributed by atoms with Crippen molar-refractivity contribution in [2.24, 2.45) is 0 Å². The minimum Gasteiger partial charge on any atom is -0.383 e. The van der Waals surface area contributed by atoms with Crippen LogP contribution in [0, 0.1) is 0 Å². The quantitative estimate of drug-likeness (QED) is 0.616. The number of hydrogen-bond donors (Lipinski definition) is 1. The molecule has 0 amide bonds. The molecule has 1 rings (SSSR count). The molecule has 10 heteroatoms. The summed E-state index contributed by atoms with van der Waals surface area (Å²) in [4.78, 5) is -0.866. The molecule has 0 atom stereocenters. The van der Waals surface area contributed by atoms with Crippen molar-refractivity contribution in [1.82, 2.24) is 0 Å². The number of alkyl halides is 5. The van der Waals surface area contributed by atoms with Crippen LogP contribution in [0.2, 0.25) is 0 Å². The van der Waals surface area contributed by atoms with Gasteiger partial charge in [-0.1, -0.05) is 0 Å². The van der Waals surface area contributed by atoms with Gasteiger partial charge in [0.05, 0.1) is 11.5 Å². The zero-order chi connectivity index (χ0) is 16.1. The first-order chi connectivity index (χ1) is 9.64. The van der Waals surface area contributed by atoms with Crippen molar-refractivity contribution < 1.29 is 35.1 Å². The fourth-order valence-corrected chi connectivity index (χ4v) is 2.09. The van der Waals surface area contributed by atoms with Gasteiger partial charge in [-0.05, 0) is 24.3 Å². The zero-order valence-electron chi connectivity index (χ0n) is 10.5. The number of rotatable bonds is 7. The van der Waals surface area contributed by atoms with Gasteiger partial charge in [0.15, 0.2) is 0 Å². The van der Waals surface area contributed by atoms with Gasteiger partial charge in [0, 0.05) is 12.2 Å². The Balaban J connectivity index is 2.56. The first kappa shape index (κ1) is 17.6. The van der Waals surface area contributed by atoms with Crippen molar-refractivity contribution >= 4 is 15.5 Å². The average Bonchev–Trinajstić information content (AvgIpc) is 2.37. The van der Waals surface area contributed by atoms with E-state index in [1.165, 1.54) is 0 Å². The predicted octanol–water partition coefficient (Wildman–Crippen LogP) is 2.67. The van der Waals surface area contributed by atoms with Gasteiger partial charge in [0.2, 0.25) is 0 Å². The molecular weight excluding hydrogens is 321 g/mol. The molecule has 1 aromatic rings. The monoisotopic (exact) mass is 333 g/mol. The Labute approximate surface area is 117 Å². The van der Waals surface area contributed by atoms with Crippen molar-refractivity contribution in [2.45, 2.75) is 16.8 Å². The van der Waals surface area contributed by atoms with Gasteiger partial charge >= 0.3 is 5.51 Å². The topological polar surface area (TPSA) is 55.4 Å². The lowest BCUT2D eigenvalue weighted by Gasteiger charge is -2.10. The summed E-state index contributed by atoms with van der Waals surface area (Å²) in [5.74, 6) is 0. The van der Waals surface area contributed by atoms with E-state index in [4.69, 9.17) is 0 Å². The van der Waals surface area contributed by atoms with Gasteiger partial charge in [-0.15, -0.1) is 0 Å². The summed E-state index contributed by atoms with van der Waals surface area (Å²) in [7, 11) is -5.37. The number of ether oxygens (including phenoxy) is 1. The second-order valence-electron chi connectivity index (χ2n) is 3.87. The maximum Gasteiger partial charge on any atom is 0.501 e. The van der Waals surface area contributed by atoms with Crippen LogP contribution in [0.5, 0.6) is 0 Å². The summed E-state index contributed by atoms with van der Waals surface area (Å²) >= 11 is 0. The largest absolute Gasteiger partial charge is 0.501 e. The molecule has 21 heavy (non-hydrogen) atoms. The first-order valence-corrected chi connectivity index (χ1v) is 7.14. The molecule has 1 aromatic carbocycles. The van der Waals surface area contributed by atoms with E-state index in [9.17, 15) is 30.4 Å². The van der Waals surface area contributed by atoms with Gasteiger partial charge in [0.25, 0.3) is 16.3 Å². The van der Waals surface area contributed by atoms with Crippen LogP contribution in [0.1, 0.15) is 0 Å². The van der Waals surface area contributed by atoms with Crippen molar-refractivity contribution in [3.8, 4) is 0 Å². The Morgan fingerprint density at radius 3 is 2.19 bits per heavy atom. The molecule has 1 N–H and O–H groups in total. The van der Waals surface area contributed by atoms with E-state index in [-0.39, 0.29) is 13.2 Å². The molecule has 0 aliphatic carbocycles. The van der Waals surface area contributed by atoms with Crippen LogP contribution in [0.25, 0.3) is 0 Å². The molecule has 120 valence electrons. The molecule has 0 heterocycles. The van der Waals surface area contributed by atoms with E-state index in [0.717, 1.165) is 24.3 Å². The molecule has 0 aliphatic rings. The van der Waals surface area contributed by atoms with Gasteiger partial charge in [-0.2, -0.15) is 13.2 Å². The van der Waals surface area contributed by atoms with Crippen molar-refractivity contribution in [3.05, 3.63) is 24.3 Å². The first-order valence-electron chi connectivity index (χ1n) is 5.66. The number of halogens is 5. The molecule has 0 aliphatic heterocycles. The van der Waals surface area contributed by atoms with Crippen LogP contribution in [0.3, 0.4) is 0 Å². The van der Waals surface area contributed by atoms with Gasteiger partial charge in [-0.3, -0.25) is 0 Å². The van der Waals surface area contributed by atoms with Crippen LogP contribution in [-0.2, 0) is 14.6 Å². The lowest BCUT2D eigenvalue weighted by Crippen LogP contribution is -2.23. The molecule has 0 fully saturated rings. The summed E-state index contributed by atoms with van der Waals surface area (Å²) in [6.45, 7) is -0.574. The minimum absolute atomic E-state index is 0.0209.